The number of aromatic carboxylic acids is 1. The van der Waals surface area contributed by atoms with Crippen molar-refractivity contribution in [2.24, 2.45) is 5.73 Å². The highest BCUT2D eigenvalue weighted by Gasteiger charge is 2.42. The number of alkyl halides is 3. The molecule has 9 nitrogen and oxygen atoms in total. The van der Waals surface area contributed by atoms with Crippen LogP contribution in [0.25, 0.3) is 22.4 Å². The quantitative estimate of drug-likeness (QED) is 0.346. The lowest BCUT2D eigenvalue weighted by Gasteiger charge is -2.20. The third kappa shape index (κ3) is 5.23. The van der Waals surface area contributed by atoms with Crippen molar-refractivity contribution in [2.45, 2.75) is 36.9 Å². The van der Waals surface area contributed by atoms with Crippen LogP contribution < -0.4 is 10.5 Å². The van der Waals surface area contributed by atoms with Gasteiger partial charge in [-0.25, -0.2) is 18.0 Å². The predicted molar refractivity (Wildman–Crippen MR) is 126 cm³/mol. The fraction of sp³-hybridized carbons (Fsp3) is 0.292. The van der Waals surface area contributed by atoms with Crippen molar-refractivity contribution in [1.29, 1.82) is 0 Å². The second kappa shape index (κ2) is 9.63. The maximum absolute atomic E-state index is 13.0. The molecule has 0 unspecified atom stereocenters. The minimum Gasteiger partial charge on any atom is -0.477 e. The Morgan fingerprint density at radius 1 is 1.16 bits per heavy atom. The van der Waals surface area contributed by atoms with E-state index in [1.54, 1.807) is 0 Å². The molecule has 1 aromatic heterocycles. The van der Waals surface area contributed by atoms with Crippen LogP contribution in [0.5, 0.6) is 5.75 Å². The van der Waals surface area contributed by atoms with E-state index >= 15 is 0 Å². The van der Waals surface area contributed by atoms with Crippen LogP contribution in [0.4, 0.5) is 13.2 Å². The number of benzene rings is 2. The molecule has 2 aromatic carbocycles. The van der Waals surface area contributed by atoms with Crippen LogP contribution >= 0.6 is 0 Å². The molecular weight excluding hydrogens is 515 g/mol. The molecule has 1 aliphatic rings. The van der Waals surface area contributed by atoms with E-state index < -0.39 is 33.7 Å². The number of halogens is 3. The Morgan fingerprint density at radius 2 is 1.89 bits per heavy atom. The zero-order valence-corrected chi connectivity index (χ0v) is 20.3. The van der Waals surface area contributed by atoms with E-state index in [1.807, 2.05) is 0 Å². The predicted octanol–water partition coefficient (Wildman–Crippen LogP) is 3.23. The van der Waals surface area contributed by atoms with Crippen LogP contribution in [0.15, 0.2) is 41.3 Å². The largest absolute Gasteiger partial charge is 0.491 e. The zero-order valence-electron chi connectivity index (χ0n) is 19.5. The lowest BCUT2D eigenvalue weighted by Crippen LogP contribution is -2.28. The molecule has 13 heteroatoms. The van der Waals surface area contributed by atoms with Gasteiger partial charge >= 0.3 is 18.1 Å². The number of hydrogen-bond acceptors (Lipinski definition) is 7. The molecule has 0 atom stereocenters. The van der Waals surface area contributed by atoms with E-state index in [0.29, 0.717) is 35.3 Å². The Kier molecular flexibility index (Phi) is 6.86. The van der Waals surface area contributed by atoms with Crippen LogP contribution in [0.3, 0.4) is 0 Å². The Morgan fingerprint density at radius 3 is 2.51 bits per heavy atom. The van der Waals surface area contributed by atoms with Crippen molar-refractivity contribution in [2.75, 3.05) is 12.8 Å². The van der Waals surface area contributed by atoms with Gasteiger partial charge in [0.1, 0.15) is 11.4 Å². The van der Waals surface area contributed by atoms with Crippen LogP contribution in [0, 0.1) is 0 Å². The highest BCUT2D eigenvalue weighted by atomic mass is 32.2. The van der Waals surface area contributed by atoms with Crippen molar-refractivity contribution in [1.82, 2.24) is 9.78 Å². The molecule has 37 heavy (non-hydrogen) atoms. The number of rotatable bonds is 7. The molecule has 0 saturated carbocycles. The summed E-state index contributed by atoms with van der Waals surface area (Å²) in [6.07, 6.45) is -3.29. The summed E-state index contributed by atoms with van der Waals surface area (Å²) >= 11 is 0. The summed E-state index contributed by atoms with van der Waals surface area (Å²) in [6.45, 7) is 0.569. The molecule has 4 rings (SSSR count). The zero-order chi connectivity index (χ0) is 27.1. The summed E-state index contributed by atoms with van der Waals surface area (Å²) in [4.78, 5) is 23.6. The molecule has 0 radical (unpaired) electrons. The number of carbonyl (C=O) groups is 2. The average molecular weight is 538 g/mol. The molecular formula is C24H22F3N3O6S. The number of fused-ring (bicyclic) bond motifs is 3. The number of carboxylic acids is 1. The van der Waals surface area contributed by atoms with Crippen molar-refractivity contribution in [3.8, 4) is 28.1 Å². The first-order valence-electron chi connectivity index (χ1n) is 11.1. The van der Waals surface area contributed by atoms with Gasteiger partial charge in [0.05, 0.1) is 10.6 Å². The Bertz CT molecular complexity index is 1510. The second-order valence-electron chi connectivity index (χ2n) is 8.54. The van der Waals surface area contributed by atoms with Gasteiger partial charge in [0, 0.05) is 29.5 Å². The van der Waals surface area contributed by atoms with Gasteiger partial charge in [-0.2, -0.15) is 18.3 Å². The number of ether oxygens (including phenoxy) is 1. The highest BCUT2D eigenvalue weighted by Crippen LogP contribution is 2.42. The molecule has 1 heterocycles. The maximum atomic E-state index is 13.0. The van der Waals surface area contributed by atoms with Gasteiger partial charge in [-0.05, 0) is 61.2 Å². The first-order chi connectivity index (χ1) is 17.3. The van der Waals surface area contributed by atoms with Gasteiger partial charge in [-0.3, -0.25) is 4.68 Å². The number of hydrogen-bond donors (Lipinski definition) is 2. The number of sulfone groups is 1. The molecule has 1 aliphatic carbocycles. The molecule has 0 amide bonds. The van der Waals surface area contributed by atoms with E-state index in [0.717, 1.165) is 6.26 Å². The van der Waals surface area contributed by atoms with E-state index in [1.165, 1.54) is 41.1 Å². The molecule has 0 aliphatic heterocycles. The number of nitrogens with two attached hydrogens (primary N) is 1. The third-order valence-corrected chi connectivity index (χ3v) is 7.05. The Balaban J connectivity index is 1.94. The number of carboxylic acid groups (broad SMARTS) is 1. The van der Waals surface area contributed by atoms with Gasteiger partial charge in [-0.1, -0.05) is 12.1 Å². The lowest BCUT2D eigenvalue weighted by molar-refractivity contribution is -0.189. The number of esters is 1. The molecule has 0 fully saturated rings. The van der Waals surface area contributed by atoms with Crippen molar-refractivity contribution in [3.63, 3.8) is 0 Å². The monoisotopic (exact) mass is 537 g/mol. The standard InChI is InChI=1S/C24H22F3N3O6S/c1-37(34,35)15-5-2-4-13(10-15)17-12-18-14(11-19(17)36-23(33)24(25,26)27)6-7-16-20(18)29-30(9-3-8-28)21(16)22(31)32/h2,4-5,10-12H,3,6-9,28H2,1H3,(H,31,32). The van der Waals surface area contributed by atoms with Gasteiger partial charge < -0.3 is 15.6 Å². The molecule has 3 N–H and O–H groups in total. The Hall–Kier alpha value is -3.71. The van der Waals surface area contributed by atoms with Crippen LogP contribution in [0.1, 0.15) is 28.0 Å². The fourth-order valence-corrected chi connectivity index (χ4v) is 4.93. The topological polar surface area (TPSA) is 142 Å². The minimum absolute atomic E-state index is 0.00213. The first kappa shape index (κ1) is 26.4. The van der Waals surface area contributed by atoms with Crippen molar-refractivity contribution >= 4 is 21.8 Å². The molecule has 196 valence electrons. The van der Waals surface area contributed by atoms with E-state index in [-0.39, 0.29) is 41.1 Å². The van der Waals surface area contributed by atoms with Crippen LogP contribution in [-0.4, -0.2) is 54.2 Å². The van der Waals surface area contributed by atoms with E-state index in [4.69, 9.17) is 10.5 Å². The molecule has 0 bridgehead atoms. The average Bonchev–Trinajstić information content (AvgIpc) is 3.20. The minimum atomic E-state index is -5.26. The fourth-order valence-electron chi connectivity index (χ4n) is 4.27. The number of nitrogens with zero attached hydrogens (tertiary/aromatic N) is 2. The summed E-state index contributed by atoms with van der Waals surface area (Å²) in [5, 5.41) is 14.3. The first-order valence-corrected chi connectivity index (χ1v) is 13.0. The van der Waals surface area contributed by atoms with Crippen molar-refractivity contribution in [3.05, 3.63) is 53.2 Å². The van der Waals surface area contributed by atoms with Crippen molar-refractivity contribution < 1.29 is 41.0 Å². The molecule has 3 aromatic rings. The summed E-state index contributed by atoms with van der Waals surface area (Å²) in [5.41, 5.74) is 7.52. The normalized spacial score (nSPS) is 13.1. The highest BCUT2D eigenvalue weighted by molar-refractivity contribution is 7.90. The number of aromatic nitrogens is 2. The van der Waals surface area contributed by atoms with Gasteiger partial charge in [0.2, 0.25) is 0 Å². The second-order valence-corrected chi connectivity index (χ2v) is 10.6. The number of carbonyl (C=O) groups excluding carboxylic acids is 1. The van der Waals surface area contributed by atoms with Gasteiger partial charge in [0.25, 0.3) is 0 Å². The SMILES string of the molecule is CS(=O)(=O)c1cccc(-c2cc3c(cc2OC(=O)C(F)(F)F)CCc2c-3nn(CCCN)c2C(=O)O)c1. The van der Waals surface area contributed by atoms with Crippen LogP contribution in [-0.2, 0) is 34.0 Å². The summed E-state index contributed by atoms with van der Waals surface area (Å²) in [5.74, 6) is -4.01. The smallest absolute Gasteiger partial charge is 0.477 e. The third-order valence-electron chi connectivity index (χ3n) is 5.94. The Labute approximate surface area is 209 Å². The lowest BCUT2D eigenvalue weighted by atomic mass is 9.86. The summed E-state index contributed by atoms with van der Waals surface area (Å²) < 4.78 is 69.3. The van der Waals surface area contributed by atoms with Crippen LogP contribution in [0.2, 0.25) is 0 Å². The molecule has 0 saturated heterocycles. The summed E-state index contributed by atoms with van der Waals surface area (Å²) in [7, 11) is -3.66. The maximum Gasteiger partial charge on any atom is 0.491 e. The van der Waals surface area contributed by atoms with E-state index in [9.17, 15) is 36.3 Å². The van der Waals surface area contributed by atoms with Gasteiger partial charge in [-0.15, -0.1) is 0 Å². The van der Waals surface area contributed by atoms with Gasteiger partial charge in [0.15, 0.2) is 9.84 Å². The number of aryl methyl sites for hydroxylation is 2. The summed E-state index contributed by atoms with van der Waals surface area (Å²) in [6, 6.07) is 8.19. The van der Waals surface area contributed by atoms with E-state index in [2.05, 4.69) is 5.10 Å². The molecule has 0 spiro atoms.